The first-order valence-corrected chi connectivity index (χ1v) is 10.2. The standard InChI is InChI=1S/C24H31N3O3/c1-26-12-14-27(15-13-26)18-20-6-4-19(5-7-20)17-25-24(28)11-8-21-16-22(29-2)9-10-23(21)30-3/h4-11,16H,12-15,17-18H2,1-3H3,(H,25,28)/b11-8+. The van der Waals surface area contributed by atoms with Gasteiger partial charge in [-0.25, -0.2) is 0 Å². The second kappa shape index (κ2) is 10.8. The lowest BCUT2D eigenvalue weighted by molar-refractivity contribution is -0.116. The highest BCUT2D eigenvalue weighted by Gasteiger charge is 2.13. The molecule has 0 bridgehead atoms. The average Bonchev–Trinajstić information content (AvgIpc) is 2.78. The van der Waals surface area contributed by atoms with Gasteiger partial charge in [0.15, 0.2) is 0 Å². The van der Waals surface area contributed by atoms with E-state index in [0.29, 0.717) is 18.0 Å². The summed E-state index contributed by atoms with van der Waals surface area (Å²) in [6, 6.07) is 13.9. The third-order valence-corrected chi connectivity index (χ3v) is 5.34. The van der Waals surface area contributed by atoms with Gasteiger partial charge in [0.25, 0.3) is 0 Å². The summed E-state index contributed by atoms with van der Waals surface area (Å²) in [5.74, 6) is 1.25. The molecule has 1 saturated heterocycles. The molecular formula is C24H31N3O3. The number of hydrogen-bond acceptors (Lipinski definition) is 5. The van der Waals surface area contributed by atoms with Gasteiger partial charge < -0.3 is 19.7 Å². The summed E-state index contributed by atoms with van der Waals surface area (Å²) >= 11 is 0. The molecule has 1 amide bonds. The van der Waals surface area contributed by atoms with Gasteiger partial charge in [-0.05, 0) is 42.4 Å². The van der Waals surface area contributed by atoms with Gasteiger partial charge in [-0.1, -0.05) is 24.3 Å². The van der Waals surface area contributed by atoms with Crippen molar-refractivity contribution in [2.24, 2.45) is 0 Å². The number of hydrogen-bond donors (Lipinski definition) is 1. The Morgan fingerprint density at radius 2 is 1.70 bits per heavy atom. The molecule has 3 rings (SSSR count). The Bertz CT molecular complexity index is 856. The van der Waals surface area contributed by atoms with Crippen molar-refractivity contribution in [3.8, 4) is 11.5 Å². The summed E-state index contributed by atoms with van der Waals surface area (Å²) in [4.78, 5) is 17.1. The van der Waals surface area contributed by atoms with Gasteiger partial charge >= 0.3 is 0 Å². The van der Waals surface area contributed by atoms with Gasteiger partial charge in [0.05, 0.1) is 14.2 Å². The zero-order valence-electron chi connectivity index (χ0n) is 18.1. The maximum Gasteiger partial charge on any atom is 0.244 e. The molecule has 2 aromatic carbocycles. The van der Waals surface area contributed by atoms with Crippen molar-refractivity contribution in [1.29, 1.82) is 0 Å². The van der Waals surface area contributed by atoms with Crippen molar-refractivity contribution in [3.63, 3.8) is 0 Å². The Kier molecular flexibility index (Phi) is 7.88. The number of methoxy groups -OCH3 is 2. The van der Waals surface area contributed by atoms with Crippen molar-refractivity contribution in [3.05, 3.63) is 65.2 Å². The minimum atomic E-state index is -0.151. The van der Waals surface area contributed by atoms with E-state index in [-0.39, 0.29) is 5.91 Å². The normalized spacial score (nSPS) is 15.3. The highest BCUT2D eigenvalue weighted by atomic mass is 16.5. The average molecular weight is 410 g/mol. The summed E-state index contributed by atoms with van der Waals surface area (Å²) in [5, 5.41) is 2.93. The smallest absolute Gasteiger partial charge is 0.244 e. The first-order chi connectivity index (χ1) is 14.6. The highest BCUT2D eigenvalue weighted by Crippen LogP contribution is 2.25. The van der Waals surface area contributed by atoms with E-state index < -0.39 is 0 Å². The number of ether oxygens (including phenoxy) is 2. The number of carbonyl (C=O) groups excluding carboxylic acids is 1. The van der Waals surface area contributed by atoms with E-state index in [1.165, 1.54) is 11.6 Å². The Labute approximate surface area is 179 Å². The fraction of sp³-hybridized carbons (Fsp3) is 0.375. The monoisotopic (exact) mass is 409 g/mol. The van der Waals surface area contributed by atoms with Gasteiger partial charge in [0, 0.05) is 50.9 Å². The van der Waals surface area contributed by atoms with Crippen LogP contribution >= 0.6 is 0 Å². The molecule has 0 radical (unpaired) electrons. The Morgan fingerprint density at radius 1 is 1.00 bits per heavy atom. The van der Waals surface area contributed by atoms with E-state index in [0.717, 1.165) is 43.9 Å². The van der Waals surface area contributed by atoms with E-state index in [9.17, 15) is 4.79 Å². The zero-order valence-corrected chi connectivity index (χ0v) is 18.1. The molecule has 0 unspecified atom stereocenters. The molecule has 0 atom stereocenters. The molecule has 160 valence electrons. The third kappa shape index (κ3) is 6.34. The highest BCUT2D eigenvalue weighted by molar-refractivity contribution is 5.92. The number of piperazine rings is 1. The van der Waals surface area contributed by atoms with Gasteiger partial charge in [-0.2, -0.15) is 0 Å². The van der Waals surface area contributed by atoms with Crippen LogP contribution in [0.1, 0.15) is 16.7 Å². The van der Waals surface area contributed by atoms with Gasteiger partial charge in [-0.15, -0.1) is 0 Å². The first-order valence-electron chi connectivity index (χ1n) is 10.2. The lowest BCUT2D eigenvalue weighted by atomic mass is 10.1. The SMILES string of the molecule is COc1ccc(OC)c(/C=C/C(=O)NCc2ccc(CN3CCN(C)CC3)cc2)c1. The molecule has 1 N–H and O–H groups in total. The topological polar surface area (TPSA) is 54.0 Å². The molecule has 6 nitrogen and oxygen atoms in total. The van der Waals surface area contributed by atoms with Crippen LogP contribution in [0.25, 0.3) is 6.08 Å². The Balaban J connectivity index is 1.49. The van der Waals surface area contributed by atoms with Crippen LogP contribution in [0.3, 0.4) is 0 Å². The van der Waals surface area contributed by atoms with Crippen LogP contribution < -0.4 is 14.8 Å². The molecule has 0 aliphatic carbocycles. The van der Waals surface area contributed by atoms with Crippen molar-refractivity contribution < 1.29 is 14.3 Å². The Morgan fingerprint density at radius 3 is 2.37 bits per heavy atom. The number of nitrogens with one attached hydrogen (secondary N) is 1. The lowest BCUT2D eigenvalue weighted by Gasteiger charge is -2.32. The molecule has 30 heavy (non-hydrogen) atoms. The van der Waals surface area contributed by atoms with Crippen molar-refractivity contribution in [1.82, 2.24) is 15.1 Å². The largest absolute Gasteiger partial charge is 0.497 e. The van der Waals surface area contributed by atoms with Crippen LogP contribution in [-0.2, 0) is 17.9 Å². The van der Waals surface area contributed by atoms with Crippen LogP contribution in [0.15, 0.2) is 48.5 Å². The maximum atomic E-state index is 12.2. The number of nitrogens with zero attached hydrogens (tertiary/aromatic N) is 2. The second-order valence-corrected chi connectivity index (χ2v) is 7.55. The summed E-state index contributed by atoms with van der Waals surface area (Å²) in [6.45, 7) is 5.94. The van der Waals surface area contributed by atoms with E-state index >= 15 is 0 Å². The minimum absolute atomic E-state index is 0.151. The van der Waals surface area contributed by atoms with E-state index in [1.807, 2.05) is 18.2 Å². The van der Waals surface area contributed by atoms with Gasteiger partial charge in [0.2, 0.25) is 5.91 Å². The van der Waals surface area contributed by atoms with Crippen molar-refractivity contribution >= 4 is 12.0 Å². The van der Waals surface area contributed by atoms with Crippen LogP contribution in [-0.4, -0.2) is 63.2 Å². The van der Waals surface area contributed by atoms with E-state index in [1.54, 1.807) is 20.3 Å². The fourth-order valence-electron chi connectivity index (χ4n) is 3.41. The molecule has 1 aliphatic rings. The number of rotatable bonds is 8. The minimum Gasteiger partial charge on any atom is -0.497 e. The summed E-state index contributed by atoms with van der Waals surface area (Å²) in [6.07, 6.45) is 3.24. The molecule has 0 aromatic heterocycles. The van der Waals surface area contributed by atoms with Gasteiger partial charge in [0.1, 0.15) is 11.5 Å². The van der Waals surface area contributed by atoms with Gasteiger partial charge in [-0.3, -0.25) is 9.69 Å². The lowest BCUT2D eigenvalue weighted by Crippen LogP contribution is -2.43. The van der Waals surface area contributed by atoms with Crippen LogP contribution in [0.2, 0.25) is 0 Å². The molecule has 0 spiro atoms. The zero-order chi connectivity index (χ0) is 21.3. The molecule has 0 saturated carbocycles. The Hall–Kier alpha value is -2.83. The van der Waals surface area contributed by atoms with E-state index in [2.05, 4.69) is 46.4 Å². The summed E-state index contributed by atoms with van der Waals surface area (Å²) in [7, 11) is 5.38. The number of amides is 1. The predicted molar refractivity (Wildman–Crippen MR) is 120 cm³/mol. The van der Waals surface area contributed by atoms with E-state index in [4.69, 9.17) is 9.47 Å². The molecule has 6 heteroatoms. The third-order valence-electron chi connectivity index (χ3n) is 5.34. The quantitative estimate of drug-likeness (QED) is 0.680. The number of likely N-dealkylation sites (N-methyl/N-ethyl adjacent to an activating group) is 1. The first kappa shape index (κ1) is 21.9. The molecular weight excluding hydrogens is 378 g/mol. The summed E-state index contributed by atoms with van der Waals surface area (Å²) < 4.78 is 10.6. The summed E-state index contributed by atoms with van der Waals surface area (Å²) in [5.41, 5.74) is 3.18. The number of carbonyl (C=O) groups is 1. The molecule has 2 aromatic rings. The van der Waals surface area contributed by atoms with Crippen molar-refractivity contribution in [2.75, 3.05) is 47.4 Å². The predicted octanol–water partition coefficient (Wildman–Crippen LogP) is 2.78. The molecule has 1 fully saturated rings. The fourth-order valence-corrected chi connectivity index (χ4v) is 3.41. The maximum absolute atomic E-state index is 12.2. The van der Waals surface area contributed by atoms with Crippen LogP contribution in [0.5, 0.6) is 11.5 Å². The van der Waals surface area contributed by atoms with Crippen LogP contribution in [0, 0.1) is 0 Å². The van der Waals surface area contributed by atoms with Crippen LogP contribution in [0.4, 0.5) is 0 Å². The molecule has 1 heterocycles. The second-order valence-electron chi connectivity index (χ2n) is 7.55. The number of benzene rings is 2. The van der Waals surface area contributed by atoms with Crippen molar-refractivity contribution in [2.45, 2.75) is 13.1 Å². The molecule has 1 aliphatic heterocycles.